The van der Waals surface area contributed by atoms with E-state index in [-0.39, 0.29) is 24.2 Å². The molecule has 0 aliphatic carbocycles. The Kier molecular flexibility index (Phi) is 10.9. The number of amidine groups is 1. The van der Waals surface area contributed by atoms with Crippen molar-refractivity contribution in [2.24, 2.45) is 5.73 Å². The lowest BCUT2D eigenvalue weighted by Gasteiger charge is -2.24. The fraction of sp³-hybridized carbons (Fsp3) is 0.286. The van der Waals surface area contributed by atoms with Gasteiger partial charge >= 0.3 is 6.09 Å². The fourth-order valence-corrected chi connectivity index (χ4v) is 4.78. The molecule has 9 nitrogen and oxygen atoms in total. The molecule has 2 heterocycles. The molecule has 0 spiro atoms. The minimum absolute atomic E-state index is 0.00625. The number of ether oxygens (including phenoxy) is 1. The summed E-state index contributed by atoms with van der Waals surface area (Å²) in [5.74, 6) is -0.565. The van der Waals surface area contributed by atoms with Crippen molar-refractivity contribution in [3.8, 4) is 0 Å². The number of nitrogen functional groups attached to an aromatic ring is 1. The van der Waals surface area contributed by atoms with Crippen molar-refractivity contribution in [1.82, 2.24) is 15.5 Å². The highest BCUT2D eigenvalue weighted by Crippen LogP contribution is 2.18. The zero-order valence-corrected chi connectivity index (χ0v) is 22.1. The lowest BCUT2D eigenvalue weighted by molar-refractivity contribution is -0.137. The number of nitrogens with zero attached hydrogens (tertiary/aromatic N) is 1. The van der Waals surface area contributed by atoms with Crippen molar-refractivity contribution in [2.45, 2.75) is 31.8 Å². The highest BCUT2D eigenvalue weighted by Gasteiger charge is 2.33. The Balaban J connectivity index is 0.000000256. The number of nitrogens with one attached hydrogen (secondary N) is 3. The Morgan fingerprint density at radius 3 is 2.21 bits per heavy atom. The number of methoxy groups -OCH3 is 1. The Bertz CT molecular complexity index is 1180. The third kappa shape index (κ3) is 8.74. The number of hydrogen-bond donors (Lipinski definition) is 4. The van der Waals surface area contributed by atoms with Crippen LogP contribution in [0.2, 0.25) is 0 Å². The van der Waals surface area contributed by atoms with E-state index in [1.807, 2.05) is 5.38 Å². The van der Waals surface area contributed by atoms with Gasteiger partial charge in [-0.05, 0) is 47.4 Å². The Morgan fingerprint density at radius 1 is 1.03 bits per heavy atom. The predicted molar refractivity (Wildman–Crippen MR) is 148 cm³/mol. The van der Waals surface area contributed by atoms with Gasteiger partial charge in [-0.3, -0.25) is 15.0 Å². The molecule has 0 bridgehead atoms. The van der Waals surface area contributed by atoms with E-state index in [1.54, 1.807) is 6.07 Å². The molecule has 0 saturated carbocycles. The molecular weight excluding hydrogens is 502 g/mol. The highest BCUT2D eigenvalue weighted by atomic mass is 32.1. The molecule has 1 saturated heterocycles. The van der Waals surface area contributed by atoms with E-state index in [4.69, 9.17) is 11.1 Å². The van der Waals surface area contributed by atoms with Crippen LogP contribution in [-0.4, -0.2) is 54.9 Å². The summed E-state index contributed by atoms with van der Waals surface area (Å²) >= 11 is 1.34. The number of carbonyl (C=O) groups is 3. The normalized spacial score (nSPS) is 14.1. The van der Waals surface area contributed by atoms with Crippen LogP contribution in [0.25, 0.3) is 0 Å². The number of benzene rings is 2. The summed E-state index contributed by atoms with van der Waals surface area (Å²) in [5.41, 5.74) is 9.01. The van der Waals surface area contributed by atoms with Crippen LogP contribution in [0.1, 0.15) is 34.4 Å². The van der Waals surface area contributed by atoms with Gasteiger partial charge in [0.25, 0.3) is 0 Å². The van der Waals surface area contributed by atoms with E-state index < -0.39 is 12.1 Å². The lowest BCUT2D eigenvalue weighted by Crippen LogP contribution is -2.48. The van der Waals surface area contributed by atoms with Gasteiger partial charge in [0.15, 0.2) is 0 Å². The number of likely N-dealkylation sites (tertiary alicyclic amines) is 1. The van der Waals surface area contributed by atoms with Crippen LogP contribution < -0.4 is 16.4 Å². The second kappa shape index (κ2) is 14.5. The van der Waals surface area contributed by atoms with Gasteiger partial charge in [-0.2, -0.15) is 0 Å². The first-order chi connectivity index (χ1) is 18.4. The van der Waals surface area contributed by atoms with E-state index in [9.17, 15) is 14.4 Å². The minimum Gasteiger partial charge on any atom is -0.453 e. The lowest BCUT2D eigenvalue weighted by atomic mass is 10.1. The number of hydrogen-bond acceptors (Lipinski definition) is 6. The number of nitrogens with two attached hydrogens (primary N) is 1. The SMILES string of the molecule is COC(=O)NCC(=O)N1CCCC1C(=O)NCc1csc(C(=N)N)c1.c1ccc(Cc2ccccc2)cc1. The van der Waals surface area contributed by atoms with Gasteiger partial charge < -0.3 is 26.0 Å². The molecule has 0 radical (unpaired) electrons. The Hall–Kier alpha value is -4.18. The van der Waals surface area contributed by atoms with Crippen LogP contribution in [0, 0.1) is 5.41 Å². The minimum atomic E-state index is -0.688. The average molecular weight is 536 g/mol. The van der Waals surface area contributed by atoms with Gasteiger partial charge in [-0.25, -0.2) is 4.79 Å². The van der Waals surface area contributed by atoms with Gasteiger partial charge in [0.2, 0.25) is 11.8 Å². The maximum absolute atomic E-state index is 12.4. The van der Waals surface area contributed by atoms with E-state index in [1.165, 1.54) is 34.5 Å². The van der Waals surface area contributed by atoms with Crippen LogP contribution in [0.5, 0.6) is 0 Å². The number of amides is 3. The third-order valence-corrected chi connectivity index (χ3v) is 6.94. The standard InChI is InChI=1S/C15H21N5O4S.C13H12/c1-24-15(23)19-7-12(21)20-4-2-3-10(20)14(22)18-6-9-5-11(13(16)17)25-8-9;1-3-7-12(8-4-1)11-13-9-5-2-6-10-13/h5,8,10H,2-4,6-7H2,1H3,(H3,16,17)(H,18,22)(H,19,23);1-10H,11H2. The van der Waals surface area contributed by atoms with Crippen molar-refractivity contribution >= 4 is 35.1 Å². The van der Waals surface area contributed by atoms with Crippen LogP contribution in [-0.2, 0) is 27.3 Å². The number of carbonyl (C=O) groups excluding carboxylic acids is 3. The van der Waals surface area contributed by atoms with E-state index in [2.05, 4.69) is 76.0 Å². The van der Waals surface area contributed by atoms with Gasteiger partial charge in [0.1, 0.15) is 18.4 Å². The van der Waals surface area contributed by atoms with Gasteiger partial charge in [-0.15, -0.1) is 11.3 Å². The van der Waals surface area contributed by atoms with Gasteiger partial charge in [-0.1, -0.05) is 60.7 Å². The number of rotatable bonds is 8. The van der Waals surface area contributed by atoms with E-state index in [0.717, 1.165) is 18.4 Å². The molecule has 38 heavy (non-hydrogen) atoms. The van der Waals surface area contributed by atoms with Crippen LogP contribution >= 0.6 is 11.3 Å². The van der Waals surface area contributed by atoms with Crippen LogP contribution in [0.3, 0.4) is 0 Å². The second-order valence-corrected chi connectivity index (χ2v) is 9.60. The average Bonchev–Trinajstić information content (AvgIpc) is 3.62. The molecule has 2 aromatic carbocycles. The smallest absolute Gasteiger partial charge is 0.407 e. The van der Waals surface area contributed by atoms with E-state index in [0.29, 0.717) is 24.4 Å². The van der Waals surface area contributed by atoms with E-state index >= 15 is 0 Å². The Labute approximate surface area is 226 Å². The van der Waals surface area contributed by atoms with Gasteiger partial charge in [0.05, 0.1) is 12.0 Å². The van der Waals surface area contributed by atoms with Crippen molar-refractivity contribution in [1.29, 1.82) is 5.41 Å². The third-order valence-electron chi connectivity index (χ3n) is 5.92. The Morgan fingerprint density at radius 2 is 1.66 bits per heavy atom. The summed E-state index contributed by atoms with van der Waals surface area (Å²) in [6.07, 6.45) is 1.65. The first-order valence-corrected chi connectivity index (χ1v) is 13.1. The zero-order chi connectivity index (χ0) is 27.3. The zero-order valence-electron chi connectivity index (χ0n) is 21.3. The molecule has 5 N–H and O–H groups in total. The maximum Gasteiger partial charge on any atom is 0.407 e. The van der Waals surface area contributed by atoms with Crippen LogP contribution in [0.4, 0.5) is 4.79 Å². The summed E-state index contributed by atoms with van der Waals surface area (Å²) in [7, 11) is 1.22. The van der Waals surface area contributed by atoms with Crippen molar-refractivity contribution in [2.75, 3.05) is 20.2 Å². The molecule has 1 unspecified atom stereocenters. The van der Waals surface area contributed by atoms with Crippen molar-refractivity contribution in [3.63, 3.8) is 0 Å². The molecule has 3 amide bonds. The molecule has 1 aliphatic rings. The largest absolute Gasteiger partial charge is 0.453 e. The number of alkyl carbamates (subject to hydrolysis) is 1. The fourth-order valence-electron chi connectivity index (χ4n) is 4.00. The molecule has 1 aliphatic heterocycles. The molecule has 4 rings (SSSR count). The first-order valence-electron chi connectivity index (χ1n) is 12.3. The molecule has 10 heteroatoms. The van der Waals surface area contributed by atoms with Crippen molar-refractivity contribution < 1.29 is 19.1 Å². The van der Waals surface area contributed by atoms with Crippen molar-refractivity contribution in [3.05, 3.63) is 93.7 Å². The first kappa shape index (κ1) is 28.4. The quantitative estimate of drug-likeness (QED) is 0.259. The second-order valence-electron chi connectivity index (χ2n) is 8.69. The summed E-state index contributed by atoms with van der Waals surface area (Å²) < 4.78 is 4.42. The monoisotopic (exact) mass is 535 g/mol. The topological polar surface area (TPSA) is 138 Å². The molecular formula is C28H33N5O4S. The maximum atomic E-state index is 12.4. The van der Waals surface area contributed by atoms with Crippen LogP contribution in [0.15, 0.2) is 72.1 Å². The summed E-state index contributed by atoms with van der Waals surface area (Å²) in [6, 6.07) is 22.3. The predicted octanol–water partition coefficient (Wildman–Crippen LogP) is 3.27. The molecule has 3 aromatic rings. The van der Waals surface area contributed by atoms with Gasteiger partial charge in [0, 0.05) is 13.1 Å². The molecule has 1 aromatic heterocycles. The summed E-state index contributed by atoms with van der Waals surface area (Å²) in [6.45, 7) is 0.581. The summed E-state index contributed by atoms with van der Waals surface area (Å²) in [4.78, 5) is 37.7. The summed E-state index contributed by atoms with van der Waals surface area (Å²) in [5, 5.41) is 14.3. The molecule has 1 atom stereocenters. The molecule has 200 valence electrons. The highest BCUT2D eigenvalue weighted by molar-refractivity contribution is 7.12. The molecule has 1 fully saturated rings. The number of thiophene rings is 1.